The summed E-state index contributed by atoms with van der Waals surface area (Å²) in [7, 11) is 0. The number of para-hydroxylation sites is 2. The molecule has 3 aromatic rings. The summed E-state index contributed by atoms with van der Waals surface area (Å²) in [6.45, 7) is 1.28. The average Bonchev–Trinajstić information content (AvgIpc) is 2.83. The third-order valence-electron chi connectivity index (χ3n) is 5.46. The molecule has 1 heterocycles. The molecule has 0 saturated heterocycles. The smallest absolute Gasteiger partial charge is 0.337 e. The number of fused-ring (bicyclic) bond motifs is 1. The van der Waals surface area contributed by atoms with Gasteiger partial charge in [0.15, 0.2) is 0 Å². The summed E-state index contributed by atoms with van der Waals surface area (Å²) in [4.78, 5) is 11.4. The first-order valence-corrected chi connectivity index (χ1v) is 11.0. The lowest BCUT2D eigenvalue weighted by Gasteiger charge is -2.27. The number of aryl methyl sites for hydroxylation is 1. The Balaban J connectivity index is 1.25. The number of aliphatic hydroxyl groups is 1. The number of aromatic carboxylic acids is 1. The fourth-order valence-electron chi connectivity index (χ4n) is 3.78. The largest absolute Gasteiger partial charge is 0.491 e. The lowest BCUT2D eigenvalue weighted by molar-refractivity contribution is 0.0698. The van der Waals surface area contributed by atoms with Crippen LogP contribution in [0.5, 0.6) is 11.5 Å². The molecule has 1 aliphatic rings. The molecule has 0 amide bonds. The van der Waals surface area contributed by atoms with Gasteiger partial charge < -0.3 is 30.3 Å². The van der Waals surface area contributed by atoms with E-state index in [1.807, 2.05) is 48.5 Å². The van der Waals surface area contributed by atoms with Crippen molar-refractivity contribution in [3.05, 3.63) is 83.9 Å². The van der Waals surface area contributed by atoms with Crippen molar-refractivity contribution in [2.45, 2.75) is 25.0 Å². The predicted molar refractivity (Wildman–Crippen MR) is 127 cm³/mol. The molecular weight excluding hydrogens is 420 g/mol. The van der Waals surface area contributed by atoms with E-state index in [-0.39, 0.29) is 18.3 Å². The molecule has 2 atom stereocenters. The van der Waals surface area contributed by atoms with Crippen molar-refractivity contribution in [3.8, 4) is 11.5 Å². The zero-order chi connectivity index (χ0) is 23.0. The molecule has 0 fully saturated rings. The van der Waals surface area contributed by atoms with Crippen molar-refractivity contribution < 1.29 is 24.5 Å². The van der Waals surface area contributed by atoms with Crippen molar-refractivity contribution in [2.75, 3.05) is 25.0 Å². The van der Waals surface area contributed by atoms with Gasteiger partial charge in [-0.15, -0.1) is 0 Å². The minimum absolute atomic E-state index is 0.0197. The van der Waals surface area contributed by atoms with E-state index < -0.39 is 12.1 Å². The van der Waals surface area contributed by atoms with Gasteiger partial charge in [-0.25, -0.2) is 4.79 Å². The zero-order valence-corrected chi connectivity index (χ0v) is 18.2. The minimum Gasteiger partial charge on any atom is -0.491 e. The molecule has 0 unspecified atom stereocenters. The Morgan fingerprint density at radius 3 is 2.70 bits per heavy atom. The van der Waals surface area contributed by atoms with Crippen molar-refractivity contribution in [2.24, 2.45) is 0 Å². The Morgan fingerprint density at radius 2 is 1.88 bits per heavy atom. The van der Waals surface area contributed by atoms with E-state index in [1.165, 1.54) is 0 Å². The number of anilines is 2. The number of carbonyl (C=O) groups is 1. The number of carboxylic acid groups (broad SMARTS) is 1. The van der Waals surface area contributed by atoms with Crippen LogP contribution in [0.3, 0.4) is 0 Å². The van der Waals surface area contributed by atoms with Crippen molar-refractivity contribution in [1.29, 1.82) is 0 Å². The van der Waals surface area contributed by atoms with Gasteiger partial charge in [0.1, 0.15) is 30.3 Å². The molecule has 0 radical (unpaired) electrons. The minimum atomic E-state index is -0.966. The van der Waals surface area contributed by atoms with Gasteiger partial charge in [0.2, 0.25) is 0 Å². The molecule has 7 nitrogen and oxygen atoms in total. The van der Waals surface area contributed by atoms with Crippen molar-refractivity contribution in [3.63, 3.8) is 0 Å². The average molecular weight is 449 g/mol. The molecule has 4 N–H and O–H groups in total. The number of rotatable bonds is 10. The Morgan fingerprint density at radius 1 is 1.09 bits per heavy atom. The number of carboxylic acids is 1. The second-order valence-electron chi connectivity index (χ2n) is 8.01. The molecule has 7 heteroatoms. The van der Waals surface area contributed by atoms with E-state index in [0.29, 0.717) is 18.8 Å². The van der Waals surface area contributed by atoms with Gasteiger partial charge in [-0.1, -0.05) is 30.3 Å². The summed E-state index contributed by atoms with van der Waals surface area (Å²) in [5, 5.41) is 26.0. The molecule has 0 aliphatic carbocycles. The monoisotopic (exact) mass is 448 g/mol. The first-order valence-electron chi connectivity index (χ1n) is 11.0. The van der Waals surface area contributed by atoms with Crippen LogP contribution in [0.2, 0.25) is 0 Å². The Bertz CT molecular complexity index is 1070. The lowest BCUT2D eigenvalue weighted by atomic mass is 10.0. The Kier molecular flexibility index (Phi) is 7.44. The summed E-state index contributed by atoms with van der Waals surface area (Å²) < 4.78 is 11.7. The zero-order valence-electron chi connectivity index (χ0n) is 18.2. The standard InChI is InChI=1S/C26H28N2O5/c29-20(17-32-21-6-2-1-3-7-21)15-27-16-22-12-10-18-14-19(11-13-25(18)33-22)28-24-9-5-4-8-23(24)26(30)31/h1-9,11,13-14,20,22,27-29H,10,12,15-17H2,(H,30,31)/t20-,22+/m0/s1. The van der Waals surface area contributed by atoms with Crippen LogP contribution >= 0.6 is 0 Å². The second-order valence-corrected chi connectivity index (χ2v) is 8.01. The molecule has 33 heavy (non-hydrogen) atoms. The fourth-order valence-corrected chi connectivity index (χ4v) is 3.78. The number of benzene rings is 3. The van der Waals surface area contributed by atoms with Crippen LogP contribution in [0, 0.1) is 0 Å². The lowest BCUT2D eigenvalue weighted by Crippen LogP contribution is -2.39. The fraction of sp³-hybridized carbons (Fsp3) is 0.269. The molecule has 1 aliphatic heterocycles. The molecule has 0 bridgehead atoms. The van der Waals surface area contributed by atoms with Gasteiger partial charge in [0, 0.05) is 18.8 Å². The number of aliphatic hydroxyl groups excluding tert-OH is 1. The van der Waals surface area contributed by atoms with Crippen LogP contribution in [0.4, 0.5) is 11.4 Å². The van der Waals surface area contributed by atoms with Crippen LogP contribution in [-0.2, 0) is 6.42 Å². The van der Waals surface area contributed by atoms with E-state index in [0.717, 1.165) is 35.6 Å². The predicted octanol–water partition coefficient (Wildman–Crippen LogP) is 3.85. The molecular formula is C26H28N2O5. The summed E-state index contributed by atoms with van der Waals surface area (Å²) in [6, 6.07) is 22.1. The van der Waals surface area contributed by atoms with E-state index in [9.17, 15) is 15.0 Å². The van der Waals surface area contributed by atoms with Crippen molar-refractivity contribution in [1.82, 2.24) is 5.32 Å². The SMILES string of the molecule is O=C(O)c1ccccc1Nc1ccc2c(c1)CC[C@H](CNC[C@H](O)COc1ccccc1)O2. The molecule has 172 valence electrons. The molecule has 0 spiro atoms. The number of nitrogens with one attached hydrogen (secondary N) is 2. The highest BCUT2D eigenvalue weighted by Crippen LogP contribution is 2.31. The number of hydrogen-bond donors (Lipinski definition) is 4. The second kappa shape index (κ2) is 10.8. The molecule has 0 saturated carbocycles. The Hall–Kier alpha value is -3.55. The molecule has 0 aromatic heterocycles. The van der Waals surface area contributed by atoms with Gasteiger partial charge in [-0.2, -0.15) is 0 Å². The van der Waals surface area contributed by atoms with Crippen LogP contribution in [0.15, 0.2) is 72.8 Å². The Labute approximate surface area is 193 Å². The summed E-state index contributed by atoms with van der Waals surface area (Å²) in [5.74, 6) is 0.605. The van der Waals surface area contributed by atoms with Crippen LogP contribution in [-0.4, -0.2) is 48.1 Å². The molecule has 4 rings (SSSR count). The van der Waals surface area contributed by atoms with Gasteiger partial charge >= 0.3 is 5.97 Å². The van der Waals surface area contributed by atoms with Gasteiger partial charge in [-0.05, 0) is 60.9 Å². The highest BCUT2D eigenvalue weighted by Gasteiger charge is 2.20. The van der Waals surface area contributed by atoms with Gasteiger partial charge in [0.25, 0.3) is 0 Å². The first-order chi connectivity index (χ1) is 16.1. The third kappa shape index (κ3) is 6.25. The first kappa shape index (κ1) is 22.6. The van der Waals surface area contributed by atoms with Gasteiger partial charge in [0.05, 0.1) is 11.3 Å². The molecule has 3 aromatic carbocycles. The maximum atomic E-state index is 11.4. The number of ether oxygens (including phenoxy) is 2. The number of hydrogen-bond acceptors (Lipinski definition) is 6. The maximum absolute atomic E-state index is 11.4. The van der Waals surface area contributed by atoms with E-state index in [1.54, 1.807) is 24.3 Å². The topological polar surface area (TPSA) is 100 Å². The van der Waals surface area contributed by atoms with E-state index in [4.69, 9.17) is 9.47 Å². The summed E-state index contributed by atoms with van der Waals surface area (Å²) in [6.07, 6.45) is 1.12. The normalized spacial score (nSPS) is 15.7. The van der Waals surface area contributed by atoms with Crippen LogP contribution in [0.25, 0.3) is 0 Å². The van der Waals surface area contributed by atoms with E-state index >= 15 is 0 Å². The maximum Gasteiger partial charge on any atom is 0.337 e. The quantitative estimate of drug-likeness (QED) is 0.374. The van der Waals surface area contributed by atoms with Gasteiger partial charge in [-0.3, -0.25) is 0 Å². The van der Waals surface area contributed by atoms with Crippen molar-refractivity contribution >= 4 is 17.3 Å². The highest BCUT2D eigenvalue weighted by atomic mass is 16.5. The van der Waals surface area contributed by atoms with Crippen LogP contribution in [0.1, 0.15) is 22.3 Å². The van der Waals surface area contributed by atoms with Crippen LogP contribution < -0.4 is 20.1 Å². The summed E-state index contributed by atoms with van der Waals surface area (Å²) in [5.41, 5.74) is 2.69. The third-order valence-corrected chi connectivity index (χ3v) is 5.46. The van der Waals surface area contributed by atoms with E-state index in [2.05, 4.69) is 10.6 Å². The highest BCUT2D eigenvalue weighted by molar-refractivity contribution is 5.95. The summed E-state index contributed by atoms with van der Waals surface area (Å²) >= 11 is 0.